The van der Waals surface area contributed by atoms with E-state index in [4.69, 9.17) is 17.3 Å². The van der Waals surface area contributed by atoms with E-state index in [2.05, 4.69) is 0 Å². The lowest BCUT2D eigenvalue weighted by Crippen LogP contribution is -2.05. The quantitative estimate of drug-likeness (QED) is 0.782. The Kier molecular flexibility index (Phi) is 3.96. The summed E-state index contributed by atoms with van der Waals surface area (Å²) in [6, 6.07) is 10.8. The van der Waals surface area contributed by atoms with E-state index in [9.17, 15) is 13.2 Å². The molecule has 2 aromatic rings. The van der Waals surface area contributed by atoms with Crippen molar-refractivity contribution in [1.82, 2.24) is 0 Å². The van der Waals surface area contributed by atoms with E-state index >= 15 is 0 Å². The van der Waals surface area contributed by atoms with E-state index in [-0.39, 0.29) is 5.02 Å². The molecule has 2 aromatic carbocycles. The summed E-state index contributed by atoms with van der Waals surface area (Å²) in [4.78, 5) is 1.28. The third kappa shape index (κ3) is 3.58. The summed E-state index contributed by atoms with van der Waals surface area (Å²) in [5.74, 6) is 0. The van der Waals surface area contributed by atoms with Crippen molar-refractivity contribution in [2.45, 2.75) is 16.0 Å². The zero-order valence-corrected chi connectivity index (χ0v) is 11.1. The molecule has 2 N–H and O–H groups in total. The summed E-state index contributed by atoms with van der Waals surface area (Å²) in [5.41, 5.74) is 5.33. The number of hydrogen-bond donors (Lipinski definition) is 1. The minimum absolute atomic E-state index is 0.297. The van der Waals surface area contributed by atoms with Gasteiger partial charge in [0.05, 0.1) is 10.6 Å². The second kappa shape index (κ2) is 5.35. The topological polar surface area (TPSA) is 26.0 Å². The first-order valence-corrected chi connectivity index (χ1v) is 6.46. The van der Waals surface area contributed by atoms with E-state index in [1.165, 1.54) is 17.8 Å². The lowest BCUT2D eigenvalue weighted by atomic mass is 10.2. The summed E-state index contributed by atoms with van der Waals surface area (Å²) in [5, 5.41) is -0.297. The van der Waals surface area contributed by atoms with Crippen molar-refractivity contribution < 1.29 is 13.2 Å². The molecule has 2 rings (SSSR count). The summed E-state index contributed by atoms with van der Waals surface area (Å²) >= 11 is 6.78. The molecule has 1 nitrogen and oxygen atoms in total. The number of benzene rings is 2. The highest BCUT2D eigenvalue weighted by molar-refractivity contribution is 7.99. The second-order valence-electron chi connectivity index (χ2n) is 3.81. The molecule has 0 aliphatic rings. The van der Waals surface area contributed by atoms with Crippen LogP contribution in [-0.2, 0) is 6.18 Å². The lowest BCUT2D eigenvalue weighted by molar-refractivity contribution is -0.137. The van der Waals surface area contributed by atoms with Gasteiger partial charge in [-0.25, -0.2) is 0 Å². The Morgan fingerprint density at radius 1 is 0.947 bits per heavy atom. The van der Waals surface area contributed by atoms with Crippen LogP contribution < -0.4 is 5.73 Å². The summed E-state index contributed by atoms with van der Waals surface area (Å²) in [6.07, 6.45) is -4.45. The van der Waals surface area contributed by atoms with Crippen LogP contribution in [0.1, 0.15) is 5.56 Å². The Morgan fingerprint density at radius 2 is 1.53 bits per heavy atom. The highest BCUT2D eigenvalue weighted by Crippen LogP contribution is 2.38. The van der Waals surface area contributed by atoms with E-state index < -0.39 is 11.7 Å². The van der Waals surface area contributed by atoms with Crippen LogP contribution in [-0.4, -0.2) is 0 Å². The molecule has 100 valence electrons. The van der Waals surface area contributed by atoms with Gasteiger partial charge in [0.15, 0.2) is 0 Å². The molecule has 0 saturated heterocycles. The van der Waals surface area contributed by atoms with Crippen molar-refractivity contribution in [2.24, 2.45) is 0 Å². The molecule has 0 atom stereocenters. The van der Waals surface area contributed by atoms with Gasteiger partial charge in [-0.2, -0.15) is 13.2 Å². The molecule has 0 aliphatic heterocycles. The molecule has 0 saturated carbocycles. The van der Waals surface area contributed by atoms with Gasteiger partial charge in [-0.3, -0.25) is 0 Å². The van der Waals surface area contributed by atoms with Gasteiger partial charge in [-0.15, -0.1) is 0 Å². The zero-order chi connectivity index (χ0) is 14.0. The monoisotopic (exact) mass is 303 g/mol. The second-order valence-corrected chi connectivity index (χ2v) is 5.36. The van der Waals surface area contributed by atoms with Gasteiger partial charge in [0.1, 0.15) is 0 Å². The largest absolute Gasteiger partial charge is 0.417 e. The summed E-state index contributed by atoms with van der Waals surface area (Å²) in [7, 11) is 0. The first-order chi connectivity index (χ1) is 8.86. The number of hydrogen-bond acceptors (Lipinski definition) is 2. The fourth-order valence-corrected chi connectivity index (χ4v) is 2.54. The Bertz CT molecular complexity index is 581. The molecule has 0 fully saturated rings. The maximum Gasteiger partial charge on any atom is 0.417 e. The van der Waals surface area contributed by atoms with Crippen molar-refractivity contribution in [3.05, 3.63) is 53.1 Å². The molecule has 0 amide bonds. The van der Waals surface area contributed by atoms with E-state index in [1.807, 2.05) is 0 Å². The molecule has 0 aromatic heterocycles. The lowest BCUT2D eigenvalue weighted by Gasteiger charge is -2.10. The van der Waals surface area contributed by atoms with Crippen LogP contribution in [0.15, 0.2) is 52.3 Å². The summed E-state index contributed by atoms with van der Waals surface area (Å²) < 4.78 is 38.1. The third-order valence-corrected chi connectivity index (χ3v) is 3.69. The van der Waals surface area contributed by atoms with Crippen LogP contribution in [0.4, 0.5) is 18.9 Å². The SMILES string of the molecule is Nc1ccc(Sc2ccc(Cl)c(C(F)(F)F)c2)cc1. The molecule has 0 aliphatic carbocycles. The smallest absolute Gasteiger partial charge is 0.399 e. The predicted molar refractivity (Wildman–Crippen MR) is 71.4 cm³/mol. The van der Waals surface area contributed by atoms with E-state index in [1.54, 1.807) is 30.3 Å². The number of rotatable bonds is 2. The van der Waals surface area contributed by atoms with Gasteiger partial charge < -0.3 is 5.73 Å². The molecule has 6 heteroatoms. The van der Waals surface area contributed by atoms with Crippen molar-refractivity contribution in [3.63, 3.8) is 0 Å². The van der Waals surface area contributed by atoms with Crippen LogP contribution in [0.25, 0.3) is 0 Å². The first kappa shape index (κ1) is 14.1. The normalized spacial score (nSPS) is 11.6. The van der Waals surface area contributed by atoms with E-state index in [0.717, 1.165) is 11.0 Å². The minimum Gasteiger partial charge on any atom is -0.399 e. The standard InChI is InChI=1S/C13H9ClF3NS/c14-12-6-5-10(7-11(12)13(15,16)17)19-9-3-1-8(18)2-4-9/h1-7H,18H2. The fourth-order valence-electron chi connectivity index (χ4n) is 1.46. The Balaban J connectivity index is 2.29. The van der Waals surface area contributed by atoms with Gasteiger partial charge in [0, 0.05) is 15.5 Å². The average Bonchev–Trinajstić information content (AvgIpc) is 2.33. The zero-order valence-electron chi connectivity index (χ0n) is 9.54. The molecule has 0 bridgehead atoms. The Hall–Kier alpha value is -1.33. The van der Waals surface area contributed by atoms with Crippen LogP contribution in [0, 0.1) is 0 Å². The molecular formula is C13H9ClF3NS. The molecule has 0 heterocycles. The highest BCUT2D eigenvalue weighted by atomic mass is 35.5. The maximum atomic E-state index is 12.7. The first-order valence-electron chi connectivity index (χ1n) is 5.26. The number of nitrogen functional groups attached to an aromatic ring is 1. The van der Waals surface area contributed by atoms with Gasteiger partial charge >= 0.3 is 6.18 Å². The molecule has 19 heavy (non-hydrogen) atoms. The van der Waals surface area contributed by atoms with Crippen molar-refractivity contribution in [3.8, 4) is 0 Å². The van der Waals surface area contributed by atoms with Gasteiger partial charge in [0.25, 0.3) is 0 Å². The van der Waals surface area contributed by atoms with Crippen molar-refractivity contribution >= 4 is 29.1 Å². The number of alkyl halides is 3. The number of halogens is 4. The molecule has 0 unspecified atom stereocenters. The van der Waals surface area contributed by atoms with Gasteiger partial charge in [-0.05, 0) is 42.5 Å². The molecule has 0 radical (unpaired) electrons. The number of anilines is 1. The van der Waals surface area contributed by atoms with Crippen molar-refractivity contribution in [1.29, 1.82) is 0 Å². The maximum absolute atomic E-state index is 12.7. The van der Waals surface area contributed by atoms with Crippen molar-refractivity contribution in [2.75, 3.05) is 5.73 Å². The highest BCUT2D eigenvalue weighted by Gasteiger charge is 2.33. The van der Waals surface area contributed by atoms with Crippen LogP contribution >= 0.6 is 23.4 Å². The summed E-state index contributed by atoms with van der Waals surface area (Å²) in [6.45, 7) is 0. The van der Waals surface area contributed by atoms with Crippen LogP contribution in [0.5, 0.6) is 0 Å². The van der Waals surface area contributed by atoms with Crippen LogP contribution in [0.3, 0.4) is 0 Å². The number of nitrogens with two attached hydrogens (primary N) is 1. The average molecular weight is 304 g/mol. The third-order valence-electron chi connectivity index (χ3n) is 2.36. The van der Waals surface area contributed by atoms with Gasteiger partial charge in [-0.1, -0.05) is 23.4 Å². The van der Waals surface area contributed by atoms with Crippen LogP contribution in [0.2, 0.25) is 5.02 Å². The molecule has 0 spiro atoms. The predicted octanol–water partition coefficient (Wildman–Crippen LogP) is 5.09. The Labute approximate surface area is 117 Å². The fraction of sp³-hybridized carbons (Fsp3) is 0.0769. The Morgan fingerprint density at radius 3 is 2.11 bits per heavy atom. The molecular weight excluding hydrogens is 295 g/mol. The minimum atomic E-state index is -4.45. The van der Waals surface area contributed by atoms with Gasteiger partial charge in [0.2, 0.25) is 0 Å². The van der Waals surface area contributed by atoms with E-state index in [0.29, 0.717) is 10.6 Å².